The van der Waals surface area contributed by atoms with Gasteiger partial charge in [0.25, 0.3) is 0 Å². The third-order valence-corrected chi connectivity index (χ3v) is 6.67. The van der Waals surface area contributed by atoms with Crippen LogP contribution in [0.1, 0.15) is 56.0 Å². The highest BCUT2D eigenvalue weighted by Gasteiger charge is 2.35. The Hall–Kier alpha value is -2.71. The second-order valence-electron chi connectivity index (χ2n) is 9.04. The van der Waals surface area contributed by atoms with Gasteiger partial charge in [-0.3, -0.25) is 0 Å². The van der Waals surface area contributed by atoms with Crippen LogP contribution in [0, 0.1) is 17.2 Å². The van der Waals surface area contributed by atoms with Crippen molar-refractivity contribution in [3.63, 3.8) is 0 Å². The molecule has 0 heterocycles. The van der Waals surface area contributed by atoms with Crippen molar-refractivity contribution in [1.82, 2.24) is 0 Å². The van der Waals surface area contributed by atoms with Crippen molar-refractivity contribution in [1.29, 1.82) is 5.26 Å². The van der Waals surface area contributed by atoms with E-state index in [1.807, 2.05) is 63.2 Å². The number of thioether (sulfide) groups is 1. The zero-order valence-electron chi connectivity index (χ0n) is 19.3. The fraction of sp³-hybridized carbons (Fsp3) is 0.407. The second-order valence-corrected chi connectivity index (χ2v) is 10.3. The fourth-order valence-electron chi connectivity index (χ4n) is 3.97. The molecule has 2 aromatic rings. The highest BCUT2D eigenvalue weighted by atomic mass is 32.2. The Morgan fingerprint density at radius 1 is 1.12 bits per heavy atom. The van der Waals surface area contributed by atoms with Crippen molar-refractivity contribution in [2.75, 3.05) is 7.11 Å². The first kappa shape index (κ1) is 23.9. The zero-order valence-corrected chi connectivity index (χ0v) is 20.1. The summed E-state index contributed by atoms with van der Waals surface area (Å²) in [6, 6.07) is 20.3. The molecule has 32 heavy (non-hydrogen) atoms. The van der Waals surface area contributed by atoms with Gasteiger partial charge in [-0.05, 0) is 82.2 Å². The highest BCUT2D eigenvalue weighted by Crippen LogP contribution is 2.43. The van der Waals surface area contributed by atoms with E-state index in [1.165, 1.54) is 10.5 Å². The van der Waals surface area contributed by atoms with Crippen LogP contribution >= 0.6 is 11.8 Å². The SMILES string of the molecule is COC1=C(C#N)C(CCCc2ccc(C(=O)OC(C)(C)C)cc2)CC1Sc1ccccc1. The topological polar surface area (TPSA) is 59.3 Å². The van der Waals surface area contributed by atoms with E-state index in [1.54, 1.807) is 18.9 Å². The lowest BCUT2D eigenvalue weighted by Gasteiger charge is -2.19. The maximum Gasteiger partial charge on any atom is 0.338 e. The lowest BCUT2D eigenvalue weighted by atomic mass is 9.94. The Balaban J connectivity index is 1.56. The number of ether oxygens (including phenoxy) is 2. The van der Waals surface area contributed by atoms with Gasteiger partial charge in [0.2, 0.25) is 0 Å². The van der Waals surface area contributed by atoms with Crippen LogP contribution in [-0.2, 0) is 15.9 Å². The van der Waals surface area contributed by atoms with Crippen LogP contribution in [0.4, 0.5) is 0 Å². The van der Waals surface area contributed by atoms with Crippen molar-refractivity contribution in [2.24, 2.45) is 5.92 Å². The number of allylic oxidation sites excluding steroid dienone is 1. The lowest BCUT2D eigenvalue weighted by molar-refractivity contribution is 0.00695. The van der Waals surface area contributed by atoms with Crippen LogP contribution in [0.25, 0.3) is 0 Å². The normalized spacial score (nSPS) is 18.3. The molecule has 0 amide bonds. The van der Waals surface area contributed by atoms with Gasteiger partial charge in [0.1, 0.15) is 11.4 Å². The Bertz CT molecular complexity index is 984. The first-order valence-corrected chi connectivity index (χ1v) is 11.9. The Morgan fingerprint density at radius 2 is 1.81 bits per heavy atom. The summed E-state index contributed by atoms with van der Waals surface area (Å²) in [6.07, 6.45) is 3.74. The van der Waals surface area contributed by atoms with Gasteiger partial charge in [0.15, 0.2) is 0 Å². The average Bonchev–Trinajstić information content (AvgIpc) is 3.09. The number of esters is 1. The molecule has 1 aliphatic rings. The maximum atomic E-state index is 12.2. The molecule has 0 aliphatic heterocycles. The van der Waals surface area contributed by atoms with Gasteiger partial charge < -0.3 is 9.47 Å². The molecule has 4 nitrogen and oxygen atoms in total. The summed E-state index contributed by atoms with van der Waals surface area (Å²) in [5.41, 5.74) is 2.04. The second kappa shape index (κ2) is 10.7. The van der Waals surface area contributed by atoms with Crippen LogP contribution in [-0.4, -0.2) is 23.9 Å². The molecular formula is C27H31NO3S. The number of methoxy groups -OCH3 is 1. The van der Waals surface area contributed by atoms with Gasteiger partial charge in [-0.1, -0.05) is 30.3 Å². The highest BCUT2D eigenvalue weighted by molar-refractivity contribution is 8.00. The van der Waals surface area contributed by atoms with Crippen molar-refractivity contribution >= 4 is 17.7 Å². The Labute approximate surface area is 195 Å². The minimum absolute atomic E-state index is 0.176. The van der Waals surface area contributed by atoms with Crippen molar-refractivity contribution in [3.05, 3.63) is 77.1 Å². The molecule has 0 spiro atoms. The number of carbonyl (C=O) groups is 1. The smallest absolute Gasteiger partial charge is 0.338 e. The predicted octanol–water partition coefficient (Wildman–Crippen LogP) is 6.57. The Kier molecular flexibility index (Phi) is 8.04. The summed E-state index contributed by atoms with van der Waals surface area (Å²) in [5, 5.41) is 9.94. The van der Waals surface area contributed by atoms with Gasteiger partial charge in [-0.15, -0.1) is 11.8 Å². The molecule has 2 atom stereocenters. The van der Waals surface area contributed by atoms with E-state index in [2.05, 4.69) is 18.2 Å². The number of rotatable bonds is 8. The molecule has 0 radical (unpaired) electrons. The quantitative estimate of drug-likeness (QED) is 0.427. The monoisotopic (exact) mass is 449 g/mol. The molecule has 0 saturated heterocycles. The fourth-order valence-corrected chi connectivity index (χ4v) is 5.27. The number of carbonyl (C=O) groups excluding carboxylic acids is 1. The minimum atomic E-state index is -0.499. The standard InChI is InChI=1S/C27H31NO3S/c1-27(2,3)31-26(29)20-15-13-19(14-16-20)9-8-10-21-17-24(25(30-4)23(21)18-28)32-22-11-6-5-7-12-22/h5-7,11-16,21,24H,8-10,17H2,1-4H3. The van der Waals surface area contributed by atoms with Crippen LogP contribution in [0.5, 0.6) is 0 Å². The molecule has 3 rings (SSSR count). The number of aryl methyl sites for hydroxylation is 1. The van der Waals surface area contributed by atoms with Gasteiger partial charge >= 0.3 is 5.97 Å². The summed E-state index contributed by atoms with van der Waals surface area (Å²) >= 11 is 1.77. The third-order valence-electron chi connectivity index (χ3n) is 5.43. The van der Waals surface area contributed by atoms with E-state index in [9.17, 15) is 10.1 Å². The van der Waals surface area contributed by atoms with E-state index in [-0.39, 0.29) is 17.1 Å². The summed E-state index contributed by atoms with van der Waals surface area (Å²) in [5.74, 6) is 0.748. The van der Waals surface area contributed by atoms with Gasteiger partial charge in [-0.2, -0.15) is 5.26 Å². The molecule has 5 heteroatoms. The molecule has 0 aromatic heterocycles. The molecule has 0 fully saturated rings. The summed E-state index contributed by atoms with van der Waals surface area (Å²) < 4.78 is 11.1. The number of hydrogen-bond acceptors (Lipinski definition) is 5. The molecule has 168 valence electrons. The van der Waals surface area contributed by atoms with E-state index >= 15 is 0 Å². The van der Waals surface area contributed by atoms with Crippen molar-refractivity contribution in [3.8, 4) is 6.07 Å². The van der Waals surface area contributed by atoms with E-state index < -0.39 is 5.60 Å². The molecule has 0 bridgehead atoms. The molecule has 1 aliphatic carbocycles. The van der Waals surface area contributed by atoms with E-state index in [4.69, 9.17) is 9.47 Å². The van der Waals surface area contributed by atoms with Crippen molar-refractivity contribution < 1.29 is 14.3 Å². The van der Waals surface area contributed by atoms with Crippen LogP contribution in [0.3, 0.4) is 0 Å². The van der Waals surface area contributed by atoms with Crippen molar-refractivity contribution in [2.45, 2.75) is 62.2 Å². The third kappa shape index (κ3) is 6.40. The average molecular weight is 450 g/mol. The van der Waals surface area contributed by atoms with E-state index in [0.717, 1.165) is 37.0 Å². The lowest BCUT2D eigenvalue weighted by Crippen LogP contribution is -2.23. The summed E-state index contributed by atoms with van der Waals surface area (Å²) in [7, 11) is 1.67. The summed E-state index contributed by atoms with van der Waals surface area (Å²) in [4.78, 5) is 13.4. The number of hydrogen-bond donors (Lipinski definition) is 0. The minimum Gasteiger partial charge on any atom is -0.499 e. The molecule has 0 saturated carbocycles. The van der Waals surface area contributed by atoms with Gasteiger partial charge in [0, 0.05) is 4.90 Å². The summed E-state index contributed by atoms with van der Waals surface area (Å²) in [6.45, 7) is 5.60. The first-order valence-electron chi connectivity index (χ1n) is 11.0. The largest absolute Gasteiger partial charge is 0.499 e. The zero-order chi connectivity index (χ0) is 23.1. The molecular weight excluding hydrogens is 418 g/mol. The number of benzene rings is 2. The molecule has 2 unspecified atom stereocenters. The van der Waals surface area contributed by atoms with Crippen LogP contribution in [0.2, 0.25) is 0 Å². The predicted molar refractivity (Wildman–Crippen MR) is 128 cm³/mol. The van der Waals surface area contributed by atoms with Gasteiger partial charge in [-0.25, -0.2) is 4.79 Å². The van der Waals surface area contributed by atoms with Crippen LogP contribution < -0.4 is 0 Å². The number of nitriles is 1. The van der Waals surface area contributed by atoms with E-state index in [0.29, 0.717) is 5.56 Å². The first-order chi connectivity index (χ1) is 15.3. The number of nitrogens with zero attached hydrogens (tertiary/aromatic N) is 1. The van der Waals surface area contributed by atoms with Crippen LogP contribution in [0.15, 0.2) is 70.8 Å². The molecule has 0 N–H and O–H groups in total. The Morgan fingerprint density at radius 3 is 2.41 bits per heavy atom. The van der Waals surface area contributed by atoms with Gasteiger partial charge in [0.05, 0.1) is 29.6 Å². The maximum absolute atomic E-state index is 12.2. The molecule has 2 aromatic carbocycles.